The Bertz CT molecular complexity index is 587. The molecule has 0 atom stereocenters. The third-order valence-corrected chi connectivity index (χ3v) is 6.87. The molecule has 1 saturated carbocycles. The Balaban J connectivity index is 1.58. The number of nitrogens with zero attached hydrogens (tertiary/aromatic N) is 2. The Morgan fingerprint density at radius 3 is 2.48 bits per heavy atom. The summed E-state index contributed by atoms with van der Waals surface area (Å²) in [6, 6.07) is 10.4. The van der Waals surface area contributed by atoms with Gasteiger partial charge in [0, 0.05) is 26.2 Å². The summed E-state index contributed by atoms with van der Waals surface area (Å²) in [5, 5.41) is -0.133. The van der Waals surface area contributed by atoms with E-state index in [4.69, 9.17) is 4.74 Å². The van der Waals surface area contributed by atoms with Crippen molar-refractivity contribution in [2.75, 3.05) is 39.4 Å². The highest BCUT2D eigenvalue weighted by Gasteiger charge is 2.39. The lowest BCUT2D eigenvalue weighted by atomic mass is 10.2. The zero-order valence-corrected chi connectivity index (χ0v) is 14.4. The molecule has 6 heteroatoms. The lowest BCUT2D eigenvalue weighted by Gasteiger charge is -2.27. The van der Waals surface area contributed by atoms with Crippen LogP contribution < -0.4 is 0 Å². The summed E-state index contributed by atoms with van der Waals surface area (Å²) in [7, 11) is -3.10. The first-order chi connectivity index (χ1) is 11.2. The van der Waals surface area contributed by atoms with E-state index in [0.29, 0.717) is 26.3 Å². The second-order valence-electron chi connectivity index (χ2n) is 6.37. The molecule has 0 radical (unpaired) electrons. The van der Waals surface area contributed by atoms with Gasteiger partial charge in [0.25, 0.3) is 0 Å². The zero-order valence-electron chi connectivity index (χ0n) is 13.6. The van der Waals surface area contributed by atoms with E-state index in [0.717, 1.165) is 38.9 Å². The number of sulfonamides is 1. The lowest BCUT2D eigenvalue weighted by Crippen LogP contribution is -2.40. The standard InChI is InChI=1S/C17H26N2O3S/c20-23(21,17-7-8-17)19-10-4-9-18(11-13-22-14-12-19)15-16-5-2-1-3-6-16/h1-3,5-6,17H,4,7-15H2. The fourth-order valence-corrected chi connectivity index (χ4v) is 4.85. The Morgan fingerprint density at radius 1 is 1.00 bits per heavy atom. The van der Waals surface area contributed by atoms with Crippen molar-refractivity contribution in [2.45, 2.75) is 31.1 Å². The molecule has 0 amide bonds. The van der Waals surface area contributed by atoms with Crippen LogP contribution in [0.25, 0.3) is 0 Å². The van der Waals surface area contributed by atoms with Gasteiger partial charge in [-0.15, -0.1) is 0 Å². The number of hydrogen-bond acceptors (Lipinski definition) is 4. The van der Waals surface area contributed by atoms with Crippen LogP contribution in [0.3, 0.4) is 0 Å². The van der Waals surface area contributed by atoms with Gasteiger partial charge in [-0.2, -0.15) is 4.31 Å². The molecular formula is C17H26N2O3S. The minimum atomic E-state index is -3.10. The van der Waals surface area contributed by atoms with Crippen molar-refractivity contribution in [3.05, 3.63) is 35.9 Å². The number of benzene rings is 1. The van der Waals surface area contributed by atoms with Crippen molar-refractivity contribution in [1.82, 2.24) is 9.21 Å². The van der Waals surface area contributed by atoms with Gasteiger partial charge in [-0.05, 0) is 31.4 Å². The summed E-state index contributed by atoms with van der Waals surface area (Å²) in [6.07, 6.45) is 2.51. The van der Waals surface area contributed by atoms with E-state index in [1.807, 2.05) is 6.07 Å². The van der Waals surface area contributed by atoms with Crippen molar-refractivity contribution in [3.8, 4) is 0 Å². The first kappa shape index (κ1) is 16.9. The normalized spacial score (nSPS) is 22.8. The van der Waals surface area contributed by atoms with Crippen LogP contribution in [0.4, 0.5) is 0 Å². The summed E-state index contributed by atoms with van der Waals surface area (Å²) >= 11 is 0. The highest BCUT2D eigenvalue weighted by Crippen LogP contribution is 2.31. The molecule has 2 aliphatic rings. The molecule has 128 valence electrons. The van der Waals surface area contributed by atoms with Crippen LogP contribution in [0, 0.1) is 0 Å². The Morgan fingerprint density at radius 2 is 1.74 bits per heavy atom. The molecule has 0 N–H and O–H groups in total. The van der Waals surface area contributed by atoms with E-state index in [9.17, 15) is 8.42 Å². The molecule has 2 fully saturated rings. The van der Waals surface area contributed by atoms with Gasteiger partial charge in [0.2, 0.25) is 10.0 Å². The van der Waals surface area contributed by atoms with E-state index in [1.165, 1.54) is 5.56 Å². The highest BCUT2D eigenvalue weighted by atomic mass is 32.2. The van der Waals surface area contributed by atoms with E-state index < -0.39 is 10.0 Å². The first-order valence-corrected chi connectivity index (χ1v) is 9.99. The monoisotopic (exact) mass is 338 g/mol. The number of ether oxygens (including phenoxy) is 1. The summed E-state index contributed by atoms with van der Waals surface area (Å²) < 4.78 is 32.2. The van der Waals surface area contributed by atoms with Crippen LogP contribution in [0.15, 0.2) is 30.3 Å². The van der Waals surface area contributed by atoms with Gasteiger partial charge >= 0.3 is 0 Å². The highest BCUT2D eigenvalue weighted by molar-refractivity contribution is 7.90. The predicted octanol–water partition coefficient (Wildman–Crippen LogP) is 1.70. The minimum Gasteiger partial charge on any atom is -0.379 e. The van der Waals surface area contributed by atoms with Crippen LogP contribution in [-0.2, 0) is 21.3 Å². The van der Waals surface area contributed by atoms with Gasteiger partial charge in [0.1, 0.15) is 0 Å². The largest absolute Gasteiger partial charge is 0.379 e. The molecule has 1 aromatic rings. The molecule has 0 bridgehead atoms. The van der Waals surface area contributed by atoms with Crippen molar-refractivity contribution in [2.24, 2.45) is 0 Å². The van der Waals surface area contributed by atoms with Crippen molar-refractivity contribution in [3.63, 3.8) is 0 Å². The van der Waals surface area contributed by atoms with Crippen LogP contribution in [0.1, 0.15) is 24.8 Å². The fourth-order valence-electron chi connectivity index (χ4n) is 2.99. The smallest absolute Gasteiger partial charge is 0.217 e. The molecule has 1 aliphatic carbocycles. The molecule has 0 aromatic heterocycles. The summed E-state index contributed by atoms with van der Waals surface area (Å²) in [4.78, 5) is 2.35. The van der Waals surface area contributed by atoms with Gasteiger partial charge in [0.05, 0.1) is 18.5 Å². The maximum absolute atomic E-state index is 12.4. The Kier molecular flexibility index (Phi) is 5.69. The third kappa shape index (κ3) is 4.76. The van der Waals surface area contributed by atoms with Gasteiger partial charge in [0.15, 0.2) is 0 Å². The minimum absolute atomic E-state index is 0.133. The summed E-state index contributed by atoms with van der Waals surface area (Å²) in [6.45, 7) is 4.93. The molecule has 0 unspecified atom stereocenters. The van der Waals surface area contributed by atoms with E-state index in [1.54, 1.807) is 4.31 Å². The first-order valence-electron chi connectivity index (χ1n) is 8.49. The summed E-state index contributed by atoms with van der Waals surface area (Å²) in [5.41, 5.74) is 1.28. The second-order valence-corrected chi connectivity index (χ2v) is 8.58. The van der Waals surface area contributed by atoms with Gasteiger partial charge in [-0.25, -0.2) is 8.42 Å². The van der Waals surface area contributed by atoms with E-state index >= 15 is 0 Å². The average molecular weight is 338 g/mol. The molecule has 5 nitrogen and oxygen atoms in total. The summed E-state index contributed by atoms with van der Waals surface area (Å²) in [5.74, 6) is 0. The van der Waals surface area contributed by atoms with Crippen LogP contribution in [0.5, 0.6) is 0 Å². The Labute approximate surface area is 139 Å². The SMILES string of the molecule is O=S(=O)(C1CC1)N1CCCN(Cc2ccccc2)CCOCC1. The van der Waals surface area contributed by atoms with Gasteiger partial charge in [-0.3, -0.25) is 4.90 Å². The quantitative estimate of drug-likeness (QED) is 0.838. The molecule has 1 heterocycles. The second kappa shape index (κ2) is 7.75. The van der Waals surface area contributed by atoms with Crippen molar-refractivity contribution >= 4 is 10.0 Å². The van der Waals surface area contributed by atoms with Crippen LogP contribution in [-0.4, -0.2) is 62.3 Å². The molecule has 1 aromatic carbocycles. The number of hydrogen-bond donors (Lipinski definition) is 0. The van der Waals surface area contributed by atoms with E-state index in [2.05, 4.69) is 29.2 Å². The maximum Gasteiger partial charge on any atom is 0.217 e. The van der Waals surface area contributed by atoms with Crippen LogP contribution in [0.2, 0.25) is 0 Å². The predicted molar refractivity (Wildman–Crippen MR) is 90.7 cm³/mol. The van der Waals surface area contributed by atoms with Crippen molar-refractivity contribution < 1.29 is 13.2 Å². The fraction of sp³-hybridized carbons (Fsp3) is 0.647. The number of rotatable bonds is 4. The topological polar surface area (TPSA) is 49.9 Å². The molecule has 1 aliphatic heterocycles. The molecule has 1 saturated heterocycles. The maximum atomic E-state index is 12.4. The van der Waals surface area contributed by atoms with Crippen molar-refractivity contribution in [1.29, 1.82) is 0 Å². The molecule has 0 spiro atoms. The van der Waals surface area contributed by atoms with E-state index in [-0.39, 0.29) is 5.25 Å². The average Bonchev–Trinajstić information content (AvgIpc) is 3.39. The Hall–Kier alpha value is -0.950. The lowest BCUT2D eigenvalue weighted by molar-refractivity contribution is 0.0838. The molecular weight excluding hydrogens is 312 g/mol. The third-order valence-electron chi connectivity index (χ3n) is 4.47. The zero-order chi connectivity index (χ0) is 16.1. The van der Waals surface area contributed by atoms with Gasteiger partial charge in [-0.1, -0.05) is 30.3 Å². The molecule has 23 heavy (non-hydrogen) atoms. The molecule has 3 rings (SSSR count). The van der Waals surface area contributed by atoms with Gasteiger partial charge < -0.3 is 4.74 Å². The van der Waals surface area contributed by atoms with Crippen LogP contribution >= 0.6 is 0 Å².